The Morgan fingerprint density at radius 2 is 2.11 bits per heavy atom. The van der Waals surface area contributed by atoms with Crippen molar-refractivity contribution in [1.29, 1.82) is 0 Å². The van der Waals surface area contributed by atoms with E-state index in [1.54, 1.807) is 11.3 Å². The molecule has 19 heavy (non-hydrogen) atoms. The number of aromatic nitrogens is 1. The number of nitrogens with zero attached hydrogens (tertiary/aromatic N) is 2. The molecule has 0 radical (unpaired) electrons. The largest absolute Gasteiger partial charge is 0.297 e. The Balaban J connectivity index is 2.13. The smallest absolute Gasteiger partial charge is 0.159 e. The van der Waals surface area contributed by atoms with Crippen molar-refractivity contribution in [3.8, 4) is 0 Å². The molecule has 106 valence electrons. The third-order valence-corrected chi connectivity index (χ3v) is 5.42. The molecule has 0 aromatic carbocycles. The van der Waals surface area contributed by atoms with Gasteiger partial charge in [0.05, 0.1) is 12.0 Å². The van der Waals surface area contributed by atoms with E-state index in [4.69, 9.17) is 0 Å². The van der Waals surface area contributed by atoms with Crippen LogP contribution in [-0.2, 0) is 11.2 Å². The highest BCUT2D eigenvalue weighted by molar-refractivity contribution is 7.09. The summed E-state index contributed by atoms with van der Waals surface area (Å²) >= 11 is 1.60. The van der Waals surface area contributed by atoms with Crippen LogP contribution in [0.2, 0.25) is 0 Å². The van der Waals surface area contributed by atoms with Gasteiger partial charge in [0, 0.05) is 11.1 Å². The molecule has 1 aliphatic rings. The molecule has 2 rings (SSSR count). The molecule has 0 N–H and O–H groups in total. The van der Waals surface area contributed by atoms with E-state index < -0.39 is 0 Å². The molecule has 0 unspecified atom stereocenters. The topological polar surface area (TPSA) is 33.2 Å². The number of ketones is 1. The highest BCUT2D eigenvalue weighted by Gasteiger charge is 2.42. The first-order chi connectivity index (χ1) is 8.94. The van der Waals surface area contributed by atoms with Gasteiger partial charge in [-0.3, -0.25) is 9.69 Å². The van der Waals surface area contributed by atoms with Gasteiger partial charge >= 0.3 is 0 Å². The maximum absolute atomic E-state index is 12.8. The van der Waals surface area contributed by atoms with E-state index >= 15 is 0 Å². The summed E-state index contributed by atoms with van der Waals surface area (Å²) in [6.45, 7) is 4.27. The van der Waals surface area contributed by atoms with Gasteiger partial charge in [0.25, 0.3) is 0 Å². The van der Waals surface area contributed by atoms with E-state index in [0.717, 1.165) is 42.3 Å². The molecule has 3 nitrogen and oxygen atoms in total. The van der Waals surface area contributed by atoms with E-state index in [-0.39, 0.29) is 5.54 Å². The molecular weight excluding hydrogens is 256 g/mol. The molecule has 1 saturated carbocycles. The zero-order valence-corrected chi connectivity index (χ0v) is 13.2. The number of aryl methyl sites for hydroxylation is 1. The number of carbonyl (C=O) groups is 1. The van der Waals surface area contributed by atoms with Crippen LogP contribution in [-0.4, -0.2) is 35.3 Å². The average Bonchev–Trinajstić information content (AvgIpc) is 2.75. The molecule has 0 aliphatic heterocycles. The van der Waals surface area contributed by atoms with Gasteiger partial charge in [-0.2, -0.15) is 0 Å². The molecule has 4 heteroatoms. The summed E-state index contributed by atoms with van der Waals surface area (Å²) in [6.07, 6.45) is 4.78. The van der Waals surface area contributed by atoms with Crippen LogP contribution in [0.15, 0.2) is 5.38 Å². The van der Waals surface area contributed by atoms with Crippen molar-refractivity contribution in [1.82, 2.24) is 9.88 Å². The molecule has 0 atom stereocenters. The number of carbonyl (C=O) groups excluding carboxylic acids is 1. The lowest BCUT2D eigenvalue weighted by molar-refractivity contribution is -0.131. The minimum absolute atomic E-state index is 0.258. The Bertz CT molecular complexity index is 445. The lowest BCUT2D eigenvalue weighted by Gasteiger charge is -2.43. The first-order valence-electron chi connectivity index (χ1n) is 7.06. The third-order valence-electron chi connectivity index (χ3n) is 4.45. The fourth-order valence-electron chi connectivity index (χ4n) is 3.00. The fraction of sp³-hybridized carbons (Fsp3) is 0.733. The second kappa shape index (κ2) is 5.71. The molecule has 1 aromatic rings. The summed E-state index contributed by atoms with van der Waals surface area (Å²) in [7, 11) is 4.09. The SMILES string of the molecule is Cc1csc(CC(=O)C2(N(C)C)CCC(C)CC2)n1. The lowest BCUT2D eigenvalue weighted by atomic mass is 9.73. The second-order valence-corrected chi connectivity index (χ2v) is 7.03. The van der Waals surface area contributed by atoms with Gasteiger partial charge in [0.15, 0.2) is 5.78 Å². The number of hydrogen-bond acceptors (Lipinski definition) is 4. The van der Waals surface area contributed by atoms with Crippen LogP contribution >= 0.6 is 11.3 Å². The number of hydrogen-bond donors (Lipinski definition) is 0. The predicted octanol–water partition coefficient (Wildman–Crippen LogP) is 3.07. The standard InChI is InChI=1S/C15H24N2OS/c1-11-5-7-15(8-6-11,17(3)4)13(18)9-14-16-12(2)10-19-14/h10-11H,5-9H2,1-4H3. The van der Waals surface area contributed by atoms with Gasteiger partial charge in [0.2, 0.25) is 0 Å². The summed E-state index contributed by atoms with van der Waals surface area (Å²) < 4.78 is 0. The van der Waals surface area contributed by atoms with Crippen molar-refractivity contribution in [2.24, 2.45) is 5.92 Å². The van der Waals surface area contributed by atoms with Crippen molar-refractivity contribution in [2.45, 2.75) is 51.5 Å². The maximum atomic E-state index is 12.8. The predicted molar refractivity (Wildman–Crippen MR) is 79.6 cm³/mol. The van der Waals surface area contributed by atoms with Crippen LogP contribution in [0.1, 0.15) is 43.3 Å². The Kier molecular flexibility index (Phi) is 4.41. The molecule has 1 aliphatic carbocycles. The molecule has 1 heterocycles. The molecule has 1 fully saturated rings. The van der Waals surface area contributed by atoms with Crippen LogP contribution in [0, 0.1) is 12.8 Å². The Labute approximate surface area is 120 Å². The van der Waals surface area contributed by atoms with Crippen molar-refractivity contribution in [3.05, 3.63) is 16.1 Å². The Hall–Kier alpha value is -0.740. The zero-order chi connectivity index (χ0) is 14.0. The van der Waals surface area contributed by atoms with Crippen LogP contribution in [0.4, 0.5) is 0 Å². The van der Waals surface area contributed by atoms with E-state index in [9.17, 15) is 4.79 Å². The van der Waals surface area contributed by atoms with E-state index in [0.29, 0.717) is 12.2 Å². The summed E-state index contributed by atoms with van der Waals surface area (Å²) in [5, 5.41) is 2.98. The van der Waals surface area contributed by atoms with Crippen LogP contribution in [0.25, 0.3) is 0 Å². The Morgan fingerprint density at radius 1 is 1.47 bits per heavy atom. The Morgan fingerprint density at radius 3 is 2.58 bits per heavy atom. The highest BCUT2D eigenvalue weighted by Crippen LogP contribution is 2.36. The zero-order valence-electron chi connectivity index (χ0n) is 12.4. The number of likely N-dealkylation sites (N-methyl/N-ethyl adjacent to an activating group) is 1. The molecule has 0 bridgehead atoms. The molecule has 0 spiro atoms. The van der Waals surface area contributed by atoms with Gasteiger partial charge in [-0.1, -0.05) is 6.92 Å². The van der Waals surface area contributed by atoms with E-state index in [1.807, 2.05) is 26.4 Å². The highest BCUT2D eigenvalue weighted by atomic mass is 32.1. The quantitative estimate of drug-likeness (QED) is 0.850. The van der Waals surface area contributed by atoms with Crippen molar-refractivity contribution in [3.63, 3.8) is 0 Å². The first-order valence-corrected chi connectivity index (χ1v) is 7.94. The number of Topliss-reactive ketones (excluding diaryl/α,β-unsaturated/α-hetero) is 1. The van der Waals surface area contributed by atoms with Crippen molar-refractivity contribution >= 4 is 17.1 Å². The monoisotopic (exact) mass is 280 g/mol. The maximum Gasteiger partial charge on any atom is 0.159 e. The minimum Gasteiger partial charge on any atom is -0.297 e. The summed E-state index contributed by atoms with van der Waals surface area (Å²) in [4.78, 5) is 19.3. The van der Waals surface area contributed by atoms with Gasteiger partial charge in [-0.25, -0.2) is 4.98 Å². The van der Waals surface area contributed by atoms with E-state index in [1.165, 1.54) is 0 Å². The summed E-state index contributed by atoms with van der Waals surface area (Å²) in [5.41, 5.74) is 0.760. The van der Waals surface area contributed by atoms with Crippen LogP contribution < -0.4 is 0 Å². The van der Waals surface area contributed by atoms with Crippen molar-refractivity contribution < 1.29 is 4.79 Å². The lowest BCUT2D eigenvalue weighted by Crippen LogP contribution is -2.53. The van der Waals surface area contributed by atoms with Gasteiger partial charge in [0.1, 0.15) is 5.01 Å². The van der Waals surface area contributed by atoms with Crippen molar-refractivity contribution in [2.75, 3.05) is 14.1 Å². The number of rotatable bonds is 4. The van der Waals surface area contributed by atoms with Crippen LogP contribution in [0.5, 0.6) is 0 Å². The first kappa shape index (κ1) is 14.7. The molecule has 1 aromatic heterocycles. The third kappa shape index (κ3) is 3.06. The fourth-order valence-corrected chi connectivity index (χ4v) is 3.77. The normalized spacial score (nSPS) is 27.7. The van der Waals surface area contributed by atoms with Gasteiger partial charge in [-0.15, -0.1) is 11.3 Å². The summed E-state index contributed by atoms with van der Waals surface area (Å²) in [5.74, 6) is 1.10. The second-order valence-electron chi connectivity index (χ2n) is 6.09. The summed E-state index contributed by atoms with van der Waals surface area (Å²) in [6, 6.07) is 0. The number of thiazole rings is 1. The minimum atomic E-state index is -0.258. The van der Waals surface area contributed by atoms with E-state index in [2.05, 4.69) is 16.8 Å². The molecule has 0 amide bonds. The van der Waals surface area contributed by atoms with Gasteiger partial charge in [-0.05, 0) is 52.6 Å². The van der Waals surface area contributed by atoms with Gasteiger partial charge < -0.3 is 0 Å². The molecular formula is C15H24N2OS. The molecule has 0 saturated heterocycles. The van der Waals surface area contributed by atoms with Crippen LogP contribution in [0.3, 0.4) is 0 Å². The average molecular weight is 280 g/mol.